The molecule has 0 radical (unpaired) electrons. The van der Waals surface area contributed by atoms with E-state index in [0.717, 1.165) is 34.0 Å². The van der Waals surface area contributed by atoms with Gasteiger partial charge in [0.05, 0.1) is 10.4 Å². The standard InChI is InChI=1S/C48H34N2S/c1-5-16-35(17-6-1)37-18-15-25-42(34-37)50(40-23-11-4-12-24-40)47-43(32-33-45-44-26-13-14-27-46(44)51-48(45)47)36-28-30-41(31-29-36)49(38-19-7-2-8-20-38)39-21-9-3-10-22-39/h1-34H. The first kappa shape index (κ1) is 30.6. The third kappa shape index (κ3) is 5.84. The van der Waals surface area contributed by atoms with Gasteiger partial charge in [-0.3, -0.25) is 0 Å². The molecule has 0 aliphatic heterocycles. The lowest BCUT2D eigenvalue weighted by Gasteiger charge is -2.29. The monoisotopic (exact) mass is 670 g/mol. The highest BCUT2D eigenvalue weighted by molar-refractivity contribution is 7.26. The summed E-state index contributed by atoms with van der Waals surface area (Å²) in [6.45, 7) is 0. The first-order valence-electron chi connectivity index (χ1n) is 17.3. The summed E-state index contributed by atoms with van der Waals surface area (Å²) in [5, 5.41) is 2.55. The van der Waals surface area contributed by atoms with E-state index in [1.165, 1.54) is 42.6 Å². The summed E-state index contributed by atoms with van der Waals surface area (Å²) in [5.74, 6) is 0. The Morgan fingerprint density at radius 2 is 0.824 bits per heavy atom. The summed E-state index contributed by atoms with van der Waals surface area (Å²) in [6, 6.07) is 73.9. The van der Waals surface area contributed by atoms with Crippen molar-refractivity contribution in [2.24, 2.45) is 0 Å². The van der Waals surface area contributed by atoms with Crippen LogP contribution >= 0.6 is 11.3 Å². The van der Waals surface area contributed by atoms with Gasteiger partial charge in [0.1, 0.15) is 0 Å². The highest BCUT2D eigenvalue weighted by atomic mass is 32.1. The molecule has 0 amide bonds. The molecule has 0 spiro atoms. The fourth-order valence-corrected chi connectivity index (χ4v) is 8.30. The number of nitrogens with zero attached hydrogens (tertiary/aromatic N) is 2. The van der Waals surface area contributed by atoms with E-state index in [1.807, 2.05) is 11.3 Å². The number of benzene rings is 8. The molecule has 0 unspecified atom stereocenters. The van der Waals surface area contributed by atoms with E-state index >= 15 is 0 Å². The number of para-hydroxylation sites is 3. The number of fused-ring (bicyclic) bond motifs is 3. The van der Waals surface area contributed by atoms with Gasteiger partial charge in [-0.1, -0.05) is 140 Å². The Labute approximate surface area is 302 Å². The number of hydrogen-bond acceptors (Lipinski definition) is 3. The van der Waals surface area contributed by atoms with Gasteiger partial charge in [0.15, 0.2) is 0 Å². The zero-order valence-electron chi connectivity index (χ0n) is 27.9. The van der Waals surface area contributed by atoms with E-state index in [4.69, 9.17) is 0 Å². The molecule has 0 aliphatic rings. The SMILES string of the molecule is c1ccc(-c2cccc(N(c3ccccc3)c3c(-c4ccc(N(c5ccccc5)c5ccccc5)cc4)ccc4c3sc3ccccc34)c2)cc1. The molecule has 0 saturated heterocycles. The van der Waals surface area contributed by atoms with E-state index in [-0.39, 0.29) is 0 Å². The summed E-state index contributed by atoms with van der Waals surface area (Å²) in [7, 11) is 0. The second-order valence-electron chi connectivity index (χ2n) is 12.6. The average molecular weight is 671 g/mol. The van der Waals surface area contributed by atoms with Crippen molar-refractivity contribution in [1.82, 2.24) is 0 Å². The number of hydrogen-bond donors (Lipinski definition) is 0. The second kappa shape index (κ2) is 13.5. The Morgan fingerprint density at radius 1 is 0.314 bits per heavy atom. The lowest BCUT2D eigenvalue weighted by atomic mass is 9.98. The molecule has 9 aromatic rings. The van der Waals surface area contributed by atoms with Gasteiger partial charge >= 0.3 is 0 Å². The lowest BCUT2D eigenvalue weighted by molar-refractivity contribution is 1.28. The molecule has 0 fully saturated rings. The predicted octanol–water partition coefficient (Wildman–Crippen LogP) is 14.3. The van der Waals surface area contributed by atoms with Crippen LogP contribution in [0.15, 0.2) is 206 Å². The summed E-state index contributed by atoms with van der Waals surface area (Å²) in [4.78, 5) is 4.76. The maximum atomic E-state index is 2.45. The van der Waals surface area contributed by atoms with Gasteiger partial charge in [-0.2, -0.15) is 0 Å². The molecule has 1 aromatic heterocycles. The summed E-state index contributed by atoms with van der Waals surface area (Å²) >= 11 is 1.87. The Morgan fingerprint density at radius 3 is 1.47 bits per heavy atom. The van der Waals surface area contributed by atoms with E-state index in [9.17, 15) is 0 Å². The smallest absolute Gasteiger partial charge is 0.0718 e. The van der Waals surface area contributed by atoms with E-state index < -0.39 is 0 Å². The molecule has 242 valence electrons. The predicted molar refractivity (Wildman–Crippen MR) is 220 cm³/mol. The third-order valence-electron chi connectivity index (χ3n) is 9.44. The van der Waals surface area contributed by atoms with Crippen molar-refractivity contribution in [3.8, 4) is 22.3 Å². The van der Waals surface area contributed by atoms with Crippen LogP contribution in [0, 0.1) is 0 Å². The first-order chi connectivity index (χ1) is 25.3. The summed E-state index contributed by atoms with van der Waals surface area (Å²) < 4.78 is 2.55. The summed E-state index contributed by atoms with van der Waals surface area (Å²) in [5.41, 5.74) is 11.5. The molecule has 0 saturated carbocycles. The van der Waals surface area contributed by atoms with Crippen LogP contribution in [0.4, 0.5) is 34.1 Å². The van der Waals surface area contributed by atoms with Gasteiger partial charge in [0.25, 0.3) is 0 Å². The molecule has 8 aromatic carbocycles. The van der Waals surface area contributed by atoms with Crippen LogP contribution in [0.25, 0.3) is 42.4 Å². The zero-order valence-corrected chi connectivity index (χ0v) is 28.7. The maximum Gasteiger partial charge on any atom is 0.0718 e. The molecule has 51 heavy (non-hydrogen) atoms. The molecule has 0 N–H and O–H groups in total. The topological polar surface area (TPSA) is 6.48 Å². The molecular formula is C48H34N2S. The molecule has 0 atom stereocenters. The van der Waals surface area contributed by atoms with Crippen molar-refractivity contribution in [1.29, 1.82) is 0 Å². The number of anilines is 6. The van der Waals surface area contributed by atoms with Gasteiger partial charge in [-0.05, 0) is 83.4 Å². The maximum absolute atomic E-state index is 2.45. The van der Waals surface area contributed by atoms with E-state index in [0.29, 0.717) is 0 Å². The van der Waals surface area contributed by atoms with Gasteiger partial charge < -0.3 is 9.80 Å². The highest BCUT2D eigenvalue weighted by Gasteiger charge is 2.23. The normalized spacial score (nSPS) is 11.1. The molecular weight excluding hydrogens is 637 g/mol. The van der Waals surface area contributed by atoms with Crippen molar-refractivity contribution in [3.63, 3.8) is 0 Å². The second-order valence-corrected chi connectivity index (χ2v) is 13.6. The quantitative estimate of drug-likeness (QED) is 0.159. The van der Waals surface area contributed by atoms with Gasteiger partial charge in [-0.15, -0.1) is 11.3 Å². The lowest BCUT2D eigenvalue weighted by Crippen LogP contribution is -2.12. The van der Waals surface area contributed by atoms with Gasteiger partial charge in [0.2, 0.25) is 0 Å². The fraction of sp³-hybridized carbons (Fsp3) is 0. The van der Waals surface area contributed by atoms with Crippen LogP contribution in [0.2, 0.25) is 0 Å². The fourth-order valence-electron chi connectivity index (χ4n) is 7.06. The van der Waals surface area contributed by atoms with Crippen molar-refractivity contribution in [2.75, 3.05) is 9.80 Å². The van der Waals surface area contributed by atoms with Crippen molar-refractivity contribution in [3.05, 3.63) is 206 Å². The molecule has 0 bridgehead atoms. The molecule has 2 nitrogen and oxygen atoms in total. The zero-order chi connectivity index (χ0) is 34.0. The number of rotatable bonds is 8. The van der Waals surface area contributed by atoms with Crippen molar-refractivity contribution in [2.45, 2.75) is 0 Å². The Bertz CT molecular complexity index is 2520. The van der Waals surface area contributed by atoms with Crippen molar-refractivity contribution < 1.29 is 0 Å². The van der Waals surface area contributed by atoms with Gasteiger partial charge in [-0.25, -0.2) is 0 Å². The van der Waals surface area contributed by atoms with Crippen LogP contribution in [-0.4, -0.2) is 0 Å². The average Bonchev–Trinajstić information content (AvgIpc) is 3.59. The van der Waals surface area contributed by atoms with Crippen LogP contribution in [-0.2, 0) is 0 Å². The highest BCUT2D eigenvalue weighted by Crippen LogP contribution is 2.50. The Hall–Kier alpha value is -6.42. The van der Waals surface area contributed by atoms with E-state index in [1.54, 1.807) is 0 Å². The molecule has 0 aliphatic carbocycles. The third-order valence-corrected chi connectivity index (χ3v) is 10.6. The van der Waals surface area contributed by atoms with E-state index in [2.05, 4.69) is 216 Å². The Kier molecular flexibility index (Phi) is 8.09. The molecule has 3 heteroatoms. The minimum atomic E-state index is 1.11. The van der Waals surface area contributed by atoms with Crippen LogP contribution in [0.1, 0.15) is 0 Å². The number of thiophene rings is 1. The van der Waals surface area contributed by atoms with Gasteiger partial charge in [0, 0.05) is 49.5 Å². The van der Waals surface area contributed by atoms with Crippen LogP contribution in [0.3, 0.4) is 0 Å². The summed E-state index contributed by atoms with van der Waals surface area (Å²) in [6.07, 6.45) is 0. The largest absolute Gasteiger partial charge is 0.311 e. The minimum absolute atomic E-state index is 1.11. The Balaban J connectivity index is 1.26. The van der Waals surface area contributed by atoms with Crippen molar-refractivity contribution >= 4 is 65.6 Å². The minimum Gasteiger partial charge on any atom is -0.311 e. The van der Waals surface area contributed by atoms with Crippen LogP contribution < -0.4 is 9.80 Å². The first-order valence-corrected chi connectivity index (χ1v) is 18.1. The molecule has 9 rings (SSSR count). The van der Waals surface area contributed by atoms with Crippen LogP contribution in [0.5, 0.6) is 0 Å². The molecule has 1 heterocycles.